The molecule has 2 aromatic heterocycles. The molecule has 20 heavy (non-hydrogen) atoms. The van der Waals surface area contributed by atoms with E-state index in [9.17, 15) is 5.26 Å². The van der Waals surface area contributed by atoms with E-state index in [2.05, 4.69) is 25.7 Å². The molecule has 0 amide bonds. The summed E-state index contributed by atoms with van der Waals surface area (Å²) in [7, 11) is 0. The van der Waals surface area contributed by atoms with Crippen molar-refractivity contribution < 1.29 is 0 Å². The summed E-state index contributed by atoms with van der Waals surface area (Å²) in [6.07, 6.45) is 4.14. The van der Waals surface area contributed by atoms with Crippen LogP contribution in [0.25, 0.3) is 0 Å². The van der Waals surface area contributed by atoms with E-state index in [1.165, 1.54) is 29.7 Å². The molecule has 0 bridgehead atoms. The van der Waals surface area contributed by atoms with Crippen LogP contribution in [-0.2, 0) is 13.1 Å². The van der Waals surface area contributed by atoms with Gasteiger partial charge in [0.2, 0.25) is 0 Å². The van der Waals surface area contributed by atoms with Crippen molar-refractivity contribution in [2.24, 2.45) is 0 Å². The van der Waals surface area contributed by atoms with Crippen LogP contribution in [0.2, 0.25) is 0 Å². The van der Waals surface area contributed by atoms with Gasteiger partial charge >= 0.3 is 0 Å². The Hall–Kier alpha value is -2.07. The average Bonchev–Trinajstić information content (AvgIpc) is 3.09. The van der Waals surface area contributed by atoms with E-state index in [1.807, 2.05) is 0 Å². The van der Waals surface area contributed by atoms with Crippen LogP contribution in [0.15, 0.2) is 6.33 Å². The van der Waals surface area contributed by atoms with Gasteiger partial charge < -0.3 is 15.2 Å². The molecule has 0 atom stereocenters. The largest absolute Gasteiger partial charge is 0.397 e. The minimum atomic E-state index is 0.545. The van der Waals surface area contributed by atoms with Crippen molar-refractivity contribution in [1.29, 1.82) is 5.26 Å². The minimum Gasteiger partial charge on any atom is -0.397 e. The zero-order chi connectivity index (χ0) is 13.7. The highest BCUT2D eigenvalue weighted by Gasteiger charge is 2.34. The number of hydrogen-bond acceptors (Lipinski definition) is 6. The Morgan fingerprint density at radius 3 is 3.00 bits per heavy atom. The summed E-state index contributed by atoms with van der Waals surface area (Å²) in [4.78, 5) is 2.94. The molecule has 2 aromatic rings. The number of anilines is 2. The SMILES string of the molecule is N#Cc1sc(N2CCn3cnnc3C2)c(C2CC2)c1N. The van der Waals surface area contributed by atoms with Crippen LogP contribution in [-0.4, -0.2) is 21.3 Å². The van der Waals surface area contributed by atoms with Gasteiger partial charge in [-0.3, -0.25) is 0 Å². The van der Waals surface area contributed by atoms with Crippen LogP contribution in [0.3, 0.4) is 0 Å². The van der Waals surface area contributed by atoms with Crippen molar-refractivity contribution in [3.05, 3.63) is 22.6 Å². The summed E-state index contributed by atoms with van der Waals surface area (Å²) in [5.41, 5.74) is 8.06. The highest BCUT2D eigenvalue weighted by molar-refractivity contribution is 7.17. The fourth-order valence-electron chi connectivity index (χ4n) is 2.77. The van der Waals surface area contributed by atoms with E-state index < -0.39 is 0 Å². The van der Waals surface area contributed by atoms with Crippen molar-refractivity contribution in [2.75, 3.05) is 17.2 Å². The van der Waals surface area contributed by atoms with Gasteiger partial charge in [-0.15, -0.1) is 21.5 Å². The Morgan fingerprint density at radius 2 is 2.25 bits per heavy atom. The summed E-state index contributed by atoms with van der Waals surface area (Å²) < 4.78 is 2.08. The Labute approximate surface area is 120 Å². The first kappa shape index (κ1) is 11.7. The first-order valence-corrected chi connectivity index (χ1v) is 7.53. The minimum absolute atomic E-state index is 0.545. The molecular weight excluding hydrogens is 272 g/mol. The second kappa shape index (κ2) is 4.21. The fraction of sp³-hybridized carbons (Fsp3) is 0.462. The molecule has 2 aliphatic rings. The molecule has 0 unspecified atom stereocenters. The lowest BCUT2D eigenvalue weighted by atomic mass is 10.1. The molecule has 1 fully saturated rings. The van der Waals surface area contributed by atoms with Gasteiger partial charge in [-0.25, -0.2) is 0 Å². The Morgan fingerprint density at radius 1 is 1.40 bits per heavy atom. The van der Waals surface area contributed by atoms with E-state index in [0.717, 1.165) is 30.5 Å². The fourth-order valence-corrected chi connectivity index (χ4v) is 3.90. The van der Waals surface area contributed by atoms with Crippen molar-refractivity contribution in [3.63, 3.8) is 0 Å². The van der Waals surface area contributed by atoms with E-state index in [0.29, 0.717) is 16.5 Å². The summed E-state index contributed by atoms with van der Waals surface area (Å²) in [5, 5.41) is 18.5. The monoisotopic (exact) mass is 286 g/mol. The molecule has 2 N–H and O–H groups in total. The smallest absolute Gasteiger partial charge is 0.152 e. The first-order chi connectivity index (χ1) is 9.78. The number of nitrogen functional groups attached to an aromatic ring is 1. The molecule has 7 heteroatoms. The van der Waals surface area contributed by atoms with Crippen LogP contribution in [0, 0.1) is 11.3 Å². The van der Waals surface area contributed by atoms with Crippen molar-refractivity contribution in [3.8, 4) is 6.07 Å². The maximum atomic E-state index is 9.22. The summed E-state index contributed by atoms with van der Waals surface area (Å²) in [5.74, 6) is 1.52. The maximum absolute atomic E-state index is 9.22. The number of fused-ring (bicyclic) bond motifs is 1. The normalized spacial score (nSPS) is 17.9. The highest BCUT2D eigenvalue weighted by atomic mass is 32.1. The number of nitrogens with two attached hydrogens (primary N) is 1. The van der Waals surface area contributed by atoms with Gasteiger partial charge in [0.15, 0.2) is 5.82 Å². The van der Waals surface area contributed by atoms with E-state index >= 15 is 0 Å². The molecule has 0 spiro atoms. The van der Waals surface area contributed by atoms with Crippen molar-refractivity contribution in [1.82, 2.24) is 14.8 Å². The van der Waals surface area contributed by atoms with E-state index in [-0.39, 0.29) is 0 Å². The van der Waals surface area contributed by atoms with Gasteiger partial charge in [0.05, 0.1) is 17.2 Å². The molecule has 0 radical (unpaired) electrons. The third kappa shape index (κ3) is 1.68. The van der Waals surface area contributed by atoms with Gasteiger partial charge in [-0.1, -0.05) is 0 Å². The van der Waals surface area contributed by atoms with Crippen molar-refractivity contribution >= 4 is 22.0 Å². The van der Waals surface area contributed by atoms with E-state index in [1.54, 1.807) is 6.33 Å². The lowest BCUT2D eigenvalue weighted by Crippen LogP contribution is -2.33. The number of hydrogen-bond donors (Lipinski definition) is 1. The van der Waals surface area contributed by atoms with E-state index in [4.69, 9.17) is 5.73 Å². The van der Waals surface area contributed by atoms with Gasteiger partial charge in [0, 0.05) is 18.7 Å². The van der Waals surface area contributed by atoms with Crippen LogP contribution in [0.4, 0.5) is 10.7 Å². The molecular formula is C13H14N6S. The van der Waals surface area contributed by atoms with Gasteiger partial charge in [-0.2, -0.15) is 5.26 Å². The quantitative estimate of drug-likeness (QED) is 0.908. The molecule has 1 aliphatic heterocycles. The number of nitriles is 1. The third-order valence-corrected chi connectivity index (χ3v) is 5.16. The van der Waals surface area contributed by atoms with Crippen molar-refractivity contribution in [2.45, 2.75) is 31.8 Å². The van der Waals surface area contributed by atoms with Crippen LogP contribution >= 0.6 is 11.3 Å². The predicted molar refractivity (Wildman–Crippen MR) is 76.5 cm³/mol. The molecule has 0 aromatic carbocycles. The zero-order valence-electron chi connectivity index (χ0n) is 10.9. The molecule has 102 valence electrons. The lowest BCUT2D eigenvalue weighted by molar-refractivity contribution is 0.561. The Bertz CT molecular complexity index is 705. The average molecular weight is 286 g/mol. The zero-order valence-corrected chi connectivity index (χ0v) is 11.7. The van der Waals surface area contributed by atoms with Crippen LogP contribution < -0.4 is 10.6 Å². The first-order valence-electron chi connectivity index (χ1n) is 6.72. The molecule has 3 heterocycles. The highest BCUT2D eigenvalue weighted by Crippen LogP contribution is 2.52. The maximum Gasteiger partial charge on any atom is 0.152 e. The lowest BCUT2D eigenvalue weighted by Gasteiger charge is -2.28. The summed E-state index contributed by atoms with van der Waals surface area (Å²) in [6, 6.07) is 2.23. The number of thiophene rings is 1. The topological polar surface area (TPSA) is 83.8 Å². The molecule has 1 aliphatic carbocycles. The summed E-state index contributed by atoms with van der Waals surface area (Å²) in [6.45, 7) is 2.53. The second-order valence-electron chi connectivity index (χ2n) is 5.31. The number of nitrogens with zero attached hydrogens (tertiary/aromatic N) is 5. The Balaban J connectivity index is 1.74. The number of rotatable bonds is 2. The Kier molecular flexibility index (Phi) is 2.47. The molecule has 1 saturated carbocycles. The van der Waals surface area contributed by atoms with Crippen LogP contribution in [0.1, 0.15) is 35.0 Å². The molecule has 4 rings (SSSR count). The number of aromatic nitrogens is 3. The third-order valence-electron chi connectivity index (χ3n) is 3.98. The van der Waals surface area contributed by atoms with Gasteiger partial charge in [0.25, 0.3) is 0 Å². The second-order valence-corrected chi connectivity index (χ2v) is 6.31. The van der Waals surface area contributed by atoms with Gasteiger partial charge in [-0.05, 0) is 18.8 Å². The van der Waals surface area contributed by atoms with Gasteiger partial charge in [0.1, 0.15) is 17.3 Å². The molecule has 0 saturated heterocycles. The van der Waals surface area contributed by atoms with Crippen LogP contribution in [0.5, 0.6) is 0 Å². The molecule has 6 nitrogen and oxygen atoms in total. The predicted octanol–water partition coefficient (Wildman–Crippen LogP) is 1.69. The summed E-state index contributed by atoms with van der Waals surface area (Å²) >= 11 is 1.52. The standard InChI is InChI=1S/C13H14N6S/c14-5-9-12(15)11(8-1-2-8)13(20-9)18-3-4-19-7-16-17-10(19)6-18/h7-8H,1-4,6,15H2.